The van der Waals surface area contributed by atoms with Crippen molar-refractivity contribution in [2.75, 3.05) is 11.9 Å². The molecule has 5 heteroatoms. The molecule has 1 aliphatic carbocycles. The fraction of sp³-hybridized carbons (Fsp3) is 0.571. The fourth-order valence-electron chi connectivity index (χ4n) is 2.79. The Hall–Kier alpha value is -1.62. The Bertz CT molecular complexity index is 476. The van der Waals surface area contributed by atoms with E-state index in [1.807, 2.05) is 24.9 Å². The number of nitrogens with zero attached hydrogens (tertiary/aromatic N) is 2. The van der Waals surface area contributed by atoms with Crippen LogP contribution in [0.25, 0.3) is 0 Å². The zero-order chi connectivity index (χ0) is 14.0. The van der Waals surface area contributed by atoms with E-state index in [1.54, 1.807) is 6.07 Å². The van der Waals surface area contributed by atoms with Gasteiger partial charge in [0.15, 0.2) is 0 Å². The molecule has 0 spiro atoms. The number of hydrogen-bond acceptors (Lipinski definition) is 4. The second kappa shape index (κ2) is 5.57. The topological polar surface area (TPSA) is 66.6 Å². The normalized spacial score (nSPS) is 23.1. The number of aliphatic hydroxyl groups is 1. The lowest BCUT2D eigenvalue weighted by Crippen LogP contribution is -2.43. The molecule has 19 heavy (non-hydrogen) atoms. The summed E-state index contributed by atoms with van der Waals surface area (Å²) < 4.78 is 0. The molecule has 104 valence electrons. The average molecular weight is 264 g/mol. The lowest BCUT2D eigenvalue weighted by atomic mass is 9.91. The van der Waals surface area contributed by atoms with Crippen molar-refractivity contribution in [1.29, 1.82) is 0 Å². The van der Waals surface area contributed by atoms with Gasteiger partial charge in [-0.05, 0) is 31.4 Å². The summed E-state index contributed by atoms with van der Waals surface area (Å²) in [5.74, 6) is 0. The number of rotatable bonds is 3. The minimum atomic E-state index is -0.404. The standard InChI is InChI=1S/C14H20N2O3/c1-10-7-8-11(16(18)19)13(9-10)15(2)12-5-3-4-6-14(12)17/h7-9,12,14,17H,3-6H2,1-2H3. The van der Waals surface area contributed by atoms with Crippen LogP contribution in [0.1, 0.15) is 31.2 Å². The van der Waals surface area contributed by atoms with Gasteiger partial charge in [0.2, 0.25) is 0 Å². The maximum absolute atomic E-state index is 11.1. The number of anilines is 1. The summed E-state index contributed by atoms with van der Waals surface area (Å²) in [6, 6.07) is 5.07. The van der Waals surface area contributed by atoms with Gasteiger partial charge in [0.25, 0.3) is 5.69 Å². The van der Waals surface area contributed by atoms with Crippen molar-refractivity contribution in [3.63, 3.8) is 0 Å². The number of likely N-dealkylation sites (N-methyl/N-ethyl adjacent to an activating group) is 1. The molecular formula is C14H20N2O3. The molecule has 2 rings (SSSR count). The van der Waals surface area contributed by atoms with Crippen molar-refractivity contribution in [2.45, 2.75) is 44.8 Å². The van der Waals surface area contributed by atoms with Crippen LogP contribution >= 0.6 is 0 Å². The van der Waals surface area contributed by atoms with Crippen molar-refractivity contribution < 1.29 is 10.0 Å². The first-order valence-corrected chi connectivity index (χ1v) is 6.66. The predicted molar refractivity (Wildman–Crippen MR) is 74.5 cm³/mol. The largest absolute Gasteiger partial charge is 0.391 e. The van der Waals surface area contributed by atoms with Crippen LogP contribution in [0, 0.1) is 17.0 Å². The van der Waals surface area contributed by atoms with Gasteiger partial charge in [-0.3, -0.25) is 10.1 Å². The molecule has 2 unspecified atom stereocenters. The molecule has 0 amide bonds. The van der Waals surface area contributed by atoms with E-state index in [0.29, 0.717) is 5.69 Å². The van der Waals surface area contributed by atoms with Crippen molar-refractivity contribution >= 4 is 11.4 Å². The van der Waals surface area contributed by atoms with Crippen LogP contribution in [-0.2, 0) is 0 Å². The minimum absolute atomic E-state index is 0.0331. The predicted octanol–water partition coefficient (Wildman–Crippen LogP) is 2.64. The van der Waals surface area contributed by atoms with E-state index in [9.17, 15) is 15.2 Å². The lowest BCUT2D eigenvalue weighted by Gasteiger charge is -2.36. The third-order valence-corrected chi connectivity index (χ3v) is 3.90. The van der Waals surface area contributed by atoms with Crippen LogP contribution in [0.15, 0.2) is 18.2 Å². The van der Waals surface area contributed by atoms with Crippen molar-refractivity contribution in [3.05, 3.63) is 33.9 Å². The number of nitro benzene ring substituents is 1. The highest BCUT2D eigenvalue weighted by atomic mass is 16.6. The molecule has 0 heterocycles. The number of hydrogen-bond donors (Lipinski definition) is 1. The first-order chi connectivity index (χ1) is 9.00. The summed E-state index contributed by atoms with van der Waals surface area (Å²) >= 11 is 0. The first kappa shape index (κ1) is 13.8. The SMILES string of the molecule is Cc1ccc([N+](=O)[O-])c(N(C)C2CCCCC2O)c1. The fourth-order valence-corrected chi connectivity index (χ4v) is 2.79. The van der Waals surface area contributed by atoms with E-state index >= 15 is 0 Å². The van der Waals surface area contributed by atoms with Crippen molar-refractivity contribution in [3.8, 4) is 0 Å². The highest BCUT2D eigenvalue weighted by Crippen LogP contribution is 2.33. The maximum Gasteiger partial charge on any atom is 0.292 e. The van der Waals surface area contributed by atoms with Gasteiger partial charge < -0.3 is 10.0 Å². The zero-order valence-corrected chi connectivity index (χ0v) is 11.4. The third-order valence-electron chi connectivity index (χ3n) is 3.90. The number of nitro groups is 1. The van der Waals surface area contributed by atoms with Gasteiger partial charge in [-0.2, -0.15) is 0 Å². The van der Waals surface area contributed by atoms with Crippen molar-refractivity contribution in [2.24, 2.45) is 0 Å². The Morgan fingerprint density at radius 1 is 1.37 bits per heavy atom. The zero-order valence-electron chi connectivity index (χ0n) is 11.4. The number of benzene rings is 1. The summed E-state index contributed by atoms with van der Waals surface area (Å²) in [5.41, 5.74) is 1.68. The van der Waals surface area contributed by atoms with Crippen LogP contribution in [0.2, 0.25) is 0 Å². The summed E-state index contributed by atoms with van der Waals surface area (Å²) in [4.78, 5) is 12.6. The highest BCUT2D eigenvalue weighted by molar-refractivity contribution is 5.64. The van der Waals surface area contributed by atoms with Crippen molar-refractivity contribution in [1.82, 2.24) is 0 Å². The maximum atomic E-state index is 11.1. The second-order valence-electron chi connectivity index (χ2n) is 5.28. The van der Waals surface area contributed by atoms with E-state index < -0.39 is 6.10 Å². The molecule has 1 aromatic carbocycles. The molecule has 0 bridgehead atoms. The van der Waals surface area contributed by atoms with Crippen LogP contribution in [-0.4, -0.2) is 29.2 Å². The molecule has 2 atom stereocenters. The summed E-state index contributed by atoms with van der Waals surface area (Å²) in [6.45, 7) is 1.92. The Morgan fingerprint density at radius 3 is 2.68 bits per heavy atom. The molecule has 0 saturated heterocycles. The monoisotopic (exact) mass is 264 g/mol. The van der Waals surface area contributed by atoms with Gasteiger partial charge in [0.05, 0.1) is 17.1 Å². The van der Waals surface area contributed by atoms with E-state index in [-0.39, 0.29) is 16.7 Å². The molecule has 0 radical (unpaired) electrons. The van der Waals surface area contributed by atoms with Gasteiger partial charge in [0.1, 0.15) is 5.69 Å². The van der Waals surface area contributed by atoms with E-state index in [0.717, 1.165) is 31.2 Å². The lowest BCUT2D eigenvalue weighted by molar-refractivity contribution is -0.384. The Balaban J connectivity index is 2.34. The Labute approximate surface area is 113 Å². The molecule has 0 aromatic heterocycles. The summed E-state index contributed by atoms with van der Waals surface area (Å²) in [5, 5.41) is 21.2. The van der Waals surface area contributed by atoms with Crippen LogP contribution in [0.4, 0.5) is 11.4 Å². The Kier molecular flexibility index (Phi) is 4.04. The van der Waals surface area contributed by atoms with Gasteiger partial charge in [-0.25, -0.2) is 0 Å². The number of aliphatic hydroxyl groups excluding tert-OH is 1. The molecule has 1 saturated carbocycles. The van der Waals surface area contributed by atoms with Crippen LogP contribution < -0.4 is 4.90 Å². The van der Waals surface area contributed by atoms with Gasteiger partial charge in [-0.1, -0.05) is 18.9 Å². The third kappa shape index (κ3) is 2.87. The molecular weight excluding hydrogens is 244 g/mol. The molecule has 1 aliphatic rings. The van der Waals surface area contributed by atoms with Gasteiger partial charge in [-0.15, -0.1) is 0 Å². The Morgan fingerprint density at radius 2 is 2.05 bits per heavy atom. The van der Waals surface area contributed by atoms with Gasteiger partial charge in [0, 0.05) is 13.1 Å². The van der Waals surface area contributed by atoms with Crippen LogP contribution in [0.5, 0.6) is 0 Å². The van der Waals surface area contributed by atoms with Crippen LogP contribution in [0.3, 0.4) is 0 Å². The minimum Gasteiger partial charge on any atom is -0.391 e. The second-order valence-corrected chi connectivity index (χ2v) is 5.28. The quantitative estimate of drug-likeness (QED) is 0.673. The molecule has 1 N–H and O–H groups in total. The van der Waals surface area contributed by atoms with E-state index in [4.69, 9.17) is 0 Å². The van der Waals surface area contributed by atoms with E-state index in [1.165, 1.54) is 6.07 Å². The highest BCUT2D eigenvalue weighted by Gasteiger charge is 2.30. The summed E-state index contributed by atoms with van der Waals surface area (Å²) in [7, 11) is 1.83. The molecule has 0 aliphatic heterocycles. The number of aryl methyl sites for hydroxylation is 1. The van der Waals surface area contributed by atoms with E-state index in [2.05, 4.69) is 0 Å². The molecule has 1 aromatic rings. The summed E-state index contributed by atoms with van der Waals surface area (Å²) in [6.07, 6.45) is 3.34. The first-order valence-electron chi connectivity index (χ1n) is 6.66. The smallest absolute Gasteiger partial charge is 0.292 e. The molecule has 1 fully saturated rings. The average Bonchev–Trinajstić information content (AvgIpc) is 2.38. The molecule has 5 nitrogen and oxygen atoms in total. The van der Waals surface area contributed by atoms with Gasteiger partial charge >= 0.3 is 0 Å².